The van der Waals surface area contributed by atoms with Gasteiger partial charge in [-0.3, -0.25) is 0 Å². The lowest BCUT2D eigenvalue weighted by atomic mass is 9.90. The molecule has 41 heavy (non-hydrogen) atoms. The molecule has 5 aromatic rings. The molecule has 0 unspecified atom stereocenters. The van der Waals surface area contributed by atoms with Gasteiger partial charge in [-0.05, 0) is 64.2 Å². The smallest absolute Gasteiger partial charge is 0.414 e. The SMILES string of the molecule is Cc1ccc(C2=[N+]3C(=Nc4c(-c5ccccc5)cc(-c5ccc(C)cc5)n4[B-]3(F)F)C(c3ccccc3)=C2I)cc1. The van der Waals surface area contributed by atoms with Gasteiger partial charge in [-0.1, -0.05) is 120 Å². The third-order valence-corrected chi connectivity index (χ3v) is 8.83. The molecule has 0 fully saturated rings. The zero-order valence-electron chi connectivity index (χ0n) is 22.5. The normalized spacial score (nSPS) is 15.6. The summed E-state index contributed by atoms with van der Waals surface area (Å²) in [5.41, 5.74) is 7.61. The van der Waals surface area contributed by atoms with E-state index in [1.807, 2.05) is 129 Å². The lowest BCUT2D eigenvalue weighted by molar-refractivity contribution is -0.291. The second-order valence-electron chi connectivity index (χ2n) is 10.5. The number of aryl methyl sites for hydroxylation is 2. The standard InChI is InChI=1S/C34H25BF2IN3/c1-22-13-17-25(18-14-22)29-21-28(24-9-5-3-6-10-24)33-39-34-30(26-11-7-4-8-12-26)31(38)32(27-19-15-23(2)16-20-27)41(34)35(36,37)40(29)33/h3-21H,1-2H3. The van der Waals surface area contributed by atoms with Crippen LogP contribution in [0.5, 0.6) is 0 Å². The second kappa shape index (κ2) is 9.77. The minimum absolute atomic E-state index is 0.269. The molecule has 3 nitrogen and oxygen atoms in total. The Morgan fingerprint density at radius 3 is 1.80 bits per heavy atom. The number of hydrogen-bond donors (Lipinski definition) is 0. The first kappa shape index (κ1) is 25.8. The highest BCUT2D eigenvalue weighted by Crippen LogP contribution is 2.47. The van der Waals surface area contributed by atoms with Crippen molar-refractivity contribution in [3.05, 3.63) is 141 Å². The zero-order valence-corrected chi connectivity index (χ0v) is 24.7. The van der Waals surface area contributed by atoms with Gasteiger partial charge >= 0.3 is 6.97 Å². The number of allylic oxidation sites excluding steroid dienone is 1. The summed E-state index contributed by atoms with van der Waals surface area (Å²) in [5.74, 6) is 0.547. The Hall–Kier alpha value is -4.11. The van der Waals surface area contributed by atoms with Crippen LogP contribution in [0.15, 0.2) is 124 Å². The van der Waals surface area contributed by atoms with Gasteiger partial charge in [0.15, 0.2) is 0 Å². The minimum atomic E-state index is -4.34. The first-order valence-electron chi connectivity index (χ1n) is 13.5. The Kier molecular flexibility index (Phi) is 6.15. The molecule has 0 spiro atoms. The first-order chi connectivity index (χ1) is 19.8. The van der Waals surface area contributed by atoms with E-state index in [0.29, 0.717) is 22.5 Å². The molecule has 3 heterocycles. The lowest BCUT2D eigenvalue weighted by Crippen LogP contribution is -2.53. The number of hydrogen-bond acceptors (Lipinski definition) is 1. The van der Waals surface area contributed by atoms with Gasteiger partial charge in [0.25, 0.3) is 5.84 Å². The van der Waals surface area contributed by atoms with Crippen LogP contribution in [0.4, 0.5) is 14.4 Å². The fourth-order valence-electron chi connectivity index (χ4n) is 5.73. The van der Waals surface area contributed by atoms with E-state index in [2.05, 4.69) is 22.6 Å². The van der Waals surface area contributed by atoms with Gasteiger partial charge in [-0.15, -0.1) is 0 Å². The molecule has 7 rings (SSSR count). The average Bonchev–Trinajstić information content (AvgIpc) is 3.51. The van der Waals surface area contributed by atoms with E-state index in [4.69, 9.17) is 4.99 Å². The Morgan fingerprint density at radius 2 is 1.22 bits per heavy atom. The zero-order chi connectivity index (χ0) is 28.3. The largest absolute Gasteiger partial charge is 0.642 e. The van der Waals surface area contributed by atoms with Crippen LogP contribution in [-0.2, 0) is 0 Å². The summed E-state index contributed by atoms with van der Waals surface area (Å²) >= 11 is 2.22. The molecule has 200 valence electrons. The van der Waals surface area contributed by atoms with E-state index in [0.717, 1.165) is 37.0 Å². The van der Waals surface area contributed by atoms with Gasteiger partial charge in [-0.25, -0.2) is 0 Å². The third kappa shape index (κ3) is 4.13. The predicted octanol–water partition coefficient (Wildman–Crippen LogP) is 9.07. The Labute approximate surface area is 251 Å². The summed E-state index contributed by atoms with van der Waals surface area (Å²) in [6, 6.07) is 36.7. The highest BCUT2D eigenvalue weighted by molar-refractivity contribution is 14.1. The summed E-state index contributed by atoms with van der Waals surface area (Å²) in [7, 11) is 0. The van der Waals surface area contributed by atoms with Crippen LogP contribution in [0.25, 0.3) is 28.0 Å². The molecular weight excluding hydrogens is 626 g/mol. The molecular formula is C34H25BF2IN3. The minimum Gasteiger partial charge on any atom is -0.414 e. The van der Waals surface area contributed by atoms with Gasteiger partial charge in [0.05, 0.1) is 9.15 Å². The number of nitrogens with zero attached hydrogens (tertiary/aromatic N) is 3. The Bertz CT molecular complexity index is 1910. The van der Waals surface area contributed by atoms with Crippen molar-refractivity contribution < 1.29 is 13.1 Å². The van der Waals surface area contributed by atoms with Crippen molar-refractivity contribution in [1.82, 2.24) is 4.48 Å². The molecule has 0 bridgehead atoms. The molecule has 7 heteroatoms. The van der Waals surface area contributed by atoms with Gasteiger partial charge in [0.2, 0.25) is 5.82 Å². The van der Waals surface area contributed by atoms with Gasteiger partial charge in [0.1, 0.15) is 5.71 Å². The van der Waals surface area contributed by atoms with Crippen LogP contribution in [-0.4, -0.2) is 27.5 Å². The quantitative estimate of drug-likeness (QED) is 0.137. The first-order valence-corrected chi connectivity index (χ1v) is 14.6. The second-order valence-corrected chi connectivity index (χ2v) is 11.6. The highest BCUT2D eigenvalue weighted by atomic mass is 127. The monoisotopic (exact) mass is 651 g/mol. The van der Waals surface area contributed by atoms with Crippen LogP contribution in [0.3, 0.4) is 0 Å². The lowest BCUT2D eigenvalue weighted by Gasteiger charge is -2.32. The predicted molar refractivity (Wildman–Crippen MR) is 173 cm³/mol. The number of aromatic nitrogens is 1. The van der Waals surface area contributed by atoms with Gasteiger partial charge in [0, 0.05) is 16.8 Å². The summed E-state index contributed by atoms with van der Waals surface area (Å²) in [4.78, 5) is 5.10. The summed E-state index contributed by atoms with van der Waals surface area (Å²) in [6.07, 6.45) is 0. The molecule has 2 aliphatic heterocycles. The number of rotatable bonds is 4. The van der Waals surface area contributed by atoms with E-state index >= 15 is 8.63 Å². The van der Waals surface area contributed by atoms with E-state index in [1.165, 1.54) is 8.96 Å². The average molecular weight is 651 g/mol. The van der Waals surface area contributed by atoms with Crippen LogP contribution in [0.1, 0.15) is 22.3 Å². The summed E-state index contributed by atoms with van der Waals surface area (Å²) in [6.45, 7) is -0.353. The maximum Gasteiger partial charge on any atom is 0.642 e. The van der Waals surface area contributed by atoms with Crippen LogP contribution in [0, 0.1) is 13.8 Å². The highest BCUT2D eigenvalue weighted by Gasteiger charge is 2.55. The van der Waals surface area contributed by atoms with Crippen molar-refractivity contribution in [2.75, 3.05) is 0 Å². The maximum atomic E-state index is 17.4. The van der Waals surface area contributed by atoms with E-state index in [9.17, 15) is 0 Å². The van der Waals surface area contributed by atoms with Crippen LogP contribution in [0.2, 0.25) is 0 Å². The number of benzene rings is 4. The molecule has 0 aliphatic carbocycles. The number of aliphatic imine (C=N–C) groups is 1. The van der Waals surface area contributed by atoms with Crippen molar-refractivity contribution >= 4 is 52.5 Å². The maximum absolute atomic E-state index is 17.4. The number of amidine groups is 1. The van der Waals surface area contributed by atoms with E-state index < -0.39 is 6.97 Å². The fourth-order valence-corrected chi connectivity index (χ4v) is 6.86. The molecule has 0 amide bonds. The molecule has 2 aliphatic rings. The van der Waals surface area contributed by atoms with Crippen molar-refractivity contribution in [3.8, 4) is 22.4 Å². The number of halogens is 3. The van der Waals surface area contributed by atoms with Crippen LogP contribution < -0.4 is 0 Å². The molecule has 0 atom stereocenters. The van der Waals surface area contributed by atoms with Crippen molar-refractivity contribution in [3.63, 3.8) is 0 Å². The van der Waals surface area contributed by atoms with Crippen LogP contribution >= 0.6 is 22.6 Å². The van der Waals surface area contributed by atoms with Crippen molar-refractivity contribution in [2.24, 2.45) is 4.99 Å². The topological polar surface area (TPSA) is 20.3 Å². The van der Waals surface area contributed by atoms with E-state index in [1.54, 1.807) is 0 Å². The number of fused-ring (bicyclic) bond motifs is 2. The van der Waals surface area contributed by atoms with Crippen molar-refractivity contribution in [2.45, 2.75) is 13.8 Å². The van der Waals surface area contributed by atoms with Crippen molar-refractivity contribution in [1.29, 1.82) is 0 Å². The fraction of sp³-hybridized carbons (Fsp3) is 0.0588. The molecule has 0 N–H and O–H groups in total. The van der Waals surface area contributed by atoms with Gasteiger partial charge < -0.3 is 17.6 Å². The van der Waals surface area contributed by atoms with Gasteiger partial charge in [-0.2, -0.15) is 0 Å². The Morgan fingerprint density at radius 1 is 0.683 bits per heavy atom. The van der Waals surface area contributed by atoms with E-state index in [-0.39, 0.29) is 11.7 Å². The molecule has 0 saturated heterocycles. The molecule has 1 aromatic heterocycles. The summed E-state index contributed by atoms with van der Waals surface area (Å²) in [5, 5.41) is 0. The molecule has 4 aromatic carbocycles. The molecule has 0 saturated carbocycles. The summed E-state index contributed by atoms with van der Waals surface area (Å²) < 4.78 is 37.9. The molecule has 0 radical (unpaired) electrons. The third-order valence-electron chi connectivity index (χ3n) is 7.78. The Balaban J connectivity index is 1.58.